The van der Waals surface area contributed by atoms with Gasteiger partial charge in [-0.05, 0) is 43.5 Å². The maximum absolute atomic E-state index is 6.30. The number of aromatic amines is 1. The van der Waals surface area contributed by atoms with Crippen LogP contribution in [0.1, 0.15) is 36.2 Å². The van der Waals surface area contributed by atoms with Crippen molar-refractivity contribution in [1.29, 1.82) is 0 Å². The molecular formula is C14H19ClN4. The number of halogens is 1. The van der Waals surface area contributed by atoms with Crippen LogP contribution in [0.3, 0.4) is 0 Å². The lowest BCUT2D eigenvalue weighted by Crippen LogP contribution is -2.24. The number of nitrogens with one attached hydrogen (secondary N) is 2. The number of aryl methyl sites for hydroxylation is 1. The minimum atomic E-state index is 0.138. The van der Waals surface area contributed by atoms with E-state index in [-0.39, 0.29) is 6.04 Å². The molecule has 0 fully saturated rings. The minimum Gasteiger partial charge on any atom is -0.308 e. The van der Waals surface area contributed by atoms with Crippen molar-refractivity contribution in [3.8, 4) is 0 Å². The van der Waals surface area contributed by atoms with E-state index in [2.05, 4.69) is 39.8 Å². The third kappa shape index (κ3) is 3.78. The lowest BCUT2D eigenvalue weighted by molar-refractivity contribution is 0.517. The summed E-state index contributed by atoms with van der Waals surface area (Å²) < 4.78 is 0. The highest BCUT2D eigenvalue weighted by atomic mass is 35.5. The molecule has 2 N–H and O–H groups in total. The van der Waals surface area contributed by atoms with Crippen molar-refractivity contribution in [2.45, 2.75) is 32.7 Å². The molecule has 0 spiro atoms. The summed E-state index contributed by atoms with van der Waals surface area (Å²) in [5, 5.41) is 15.0. The Bertz CT molecular complexity index is 510. The van der Waals surface area contributed by atoms with E-state index in [0.717, 1.165) is 35.7 Å². The number of hydrogen-bond acceptors (Lipinski definition) is 3. The second-order valence-corrected chi connectivity index (χ2v) is 5.11. The molecule has 1 aromatic heterocycles. The quantitative estimate of drug-likeness (QED) is 0.854. The zero-order valence-electron chi connectivity index (χ0n) is 11.3. The number of H-pyrrole nitrogens is 1. The van der Waals surface area contributed by atoms with Gasteiger partial charge in [-0.25, -0.2) is 0 Å². The second-order valence-electron chi connectivity index (χ2n) is 4.70. The van der Waals surface area contributed by atoms with Gasteiger partial charge >= 0.3 is 0 Å². The van der Waals surface area contributed by atoms with Crippen LogP contribution in [0.2, 0.25) is 5.02 Å². The molecule has 1 atom stereocenters. The van der Waals surface area contributed by atoms with Crippen LogP contribution in [0.15, 0.2) is 24.4 Å². The van der Waals surface area contributed by atoms with Crippen LogP contribution < -0.4 is 5.32 Å². The Labute approximate surface area is 118 Å². The molecule has 0 saturated carbocycles. The fraction of sp³-hybridized carbons (Fsp3) is 0.429. The standard InChI is InChI=1S/C14H19ClN4/c1-3-6-16-13(14-9-17-19-18-14)8-11-5-4-10(2)7-12(11)15/h4-5,7,9,13,16H,3,6,8H2,1-2H3,(H,17,18,19). The van der Waals surface area contributed by atoms with E-state index in [4.69, 9.17) is 11.6 Å². The lowest BCUT2D eigenvalue weighted by atomic mass is 10.0. The van der Waals surface area contributed by atoms with E-state index >= 15 is 0 Å². The number of benzene rings is 1. The number of rotatable bonds is 6. The van der Waals surface area contributed by atoms with Gasteiger partial charge in [0.25, 0.3) is 0 Å². The van der Waals surface area contributed by atoms with Crippen molar-refractivity contribution in [1.82, 2.24) is 20.7 Å². The summed E-state index contributed by atoms with van der Waals surface area (Å²) in [6, 6.07) is 6.30. The fourth-order valence-electron chi connectivity index (χ4n) is 2.02. The third-order valence-corrected chi connectivity index (χ3v) is 3.42. The van der Waals surface area contributed by atoms with Crippen molar-refractivity contribution >= 4 is 11.6 Å². The molecule has 5 heteroatoms. The molecule has 0 amide bonds. The van der Waals surface area contributed by atoms with Crippen molar-refractivity contribution < 1.29 is 0 Å². The topological polar surface area (TPSA) is 53.6 Å². The molecule has 19 heavy (non-hydrogen) atoms. The van der Waals surface area contributed by atoms with Gasteiger partial charge in [-0.15, -0.1) is 0 Å². The Morgan fingerprint density at radius 2 is 2.26 bits per heavy atom. The van der Waals surface area contributed by atoms with Crippen LogP contribution in [0.5, 0.6) is 0 Å². The summed E-state index contributed by atoms with van der Waals surface area (Å²) in [5.41, 5.74) is 3.22. The van der Waals surface area contributed by atoms with Gasteiger partial charge in [0.05, 0.1) is 17.9 Å². The van der Waals surface area contributed by atoms with Crippen LogP contribution >= 0.6 is 11.6 Å². The molecule has 2 aromatic rings. The van der Waals surface area contributed by atoms with Gasteiger partial charge in [-0.3, -0.25) is 0 Å². The number of nitrogens with zero attached hydrogens (tertiary/aromatic N) is 2. The van der Waals surface area contributed by atoms with E-state index in [1.54, 1.807) is 6.20 Å². The van der Waals surface area contributed by atoms with E-state index in [1.807, 2.05) is 13.0 Å². The van der Waals surface area contributed by atoms with Crippen molar-refractivity contribution in [2.75, 3.05) is 6.54 Å². The zero-order valence-corrected chi connectivity index (χ0v) is 12.0. The summed E-state index contributed by atoms with van der Waals surface area (Å²) in [5.74, 6) is 0. The zero-order chi connectivity index (χ0) is 13.7. The summed E-state index contributed by atoms with van der Waals surface area (Å²) in [4.78, 5) is 0. The summed E-state index contributed by atoms with van der Waals surface area (Å²) in [7, 11) is 0. The normalized spacial score (nSPS) is 12.6. The van der Waals surface area contributed by atoms with Gasteiger partial charge in [0, 0.05) is 5.02 Å². The SMILES string of the molecule is CCCNC(Cc1ccc(C)cc1Cl)c1cn[nH]n1. The first-order valence-corrected chi connectivity index (χ1v) is 6.92. The van der Waals surface area contributed by atoms with Crippen molar-refractivity contribution in [2.24, 2.45) is 0 Å². The average Bonchev–Trinajstić information content (AvgIpc) is 2.90. The predicted molar refractivity (Wildman–Crippen MR) is 77.3 cm³/mol. The number of aromatic nitrogens is 3. The molecule has 0 aliphatic rings. The van der Waals surface area contributed by atoms with Crippen LogP contribution in [0.25, 0.3) is 0 Å². The summed E-state index contributed by atoms with van der Waals surface area (Å²) in [6.07, 6.45) is 3.65. The van der Waals surface area contributed by atoms with Crippen molar-refractivity contribution in [3.63, 3.8) is 0 Å². The molecular weight excluding hydrogens is 260 g/mol. The molecule has 102 valence electrons. The molecule has 4 nitrogen and oxygen atoms in total. The van der Waals surface area contributed by atoms with E-state index < -0.39 is 0 Å². The third-order valence-electron chi connectivity index (χ3n) is 3.06. The largest absolute Gasteiger partial charge is 0.308 e. The first-order chi connectivity index (χ1) is 9.20. The smallest absolute Gasteiger partial charge is 0.0997 e. The Morgan fingerprint density at radius 1 is 1.42 bits per heavy atom. The minimum absolute atomic E-state index is 0.138. The lowest BCUT2D eigenvalue weighted by Gasteiger charge is -2.17. The molecule has 1 aromatic carbocycles. The van der Waals surface area contributed by atoms with Gasteiger partial charge in [0.2, 0.25) is 0 Å². The fourth-order valence-corrected chi connectivity index (χ4v) is 2.33. The highest BCUT2D eigenvalue weighted by molar-refractivity contribution is 6.31. The van der Waals surface area contributed by atoms with E-state index in [9.17, 15) is 0 Å². The Kier molecular flexibility index (Phi) is 4.93. The van der Waals surface area contributed by atoms with E-state index in [0.29, 0.717) is 0 Å². The average molecular weight is 279 g/mol. The molecule has 0 radical (unpaired) electrons. The molecule has 0 saturated heterocycles. The van der Waals surface area contributed by atoms with Crippen LogP contribution in [0, 0.1) is 6.92 Å². The van der Waals surface area contributed by atoms with Crippen LogP contribution in [0.4, 0.5) is 0 Å². The molecule has 0 aliphatic heterocycles. The Hall–Kier alpha value is -1.39. The summed E-state index contributed by atoms with van der Waals surface area (Å²) >= 11 is 6.30. The molecule has 0 aliphatic carbocycles. The Morgan fingerprint density at radius 3 is 2.89 bits per heavy atom. The van der Waals surface area contributed by atoms with Gasteiger partial charge in [-0.1, -0.05) is 30.7 Å². The van der Waals surface area contributed by atoms with Gasteiger partial charge < -0.3 is 5.32 Å². The Balaban J connectivity index is 2.15. The highest BCUT2D eigenvalue weighted by Gasteiger charge is 2.15. The molecule has 1 unspecified atom stereocenters. The predicted octanol–water partition coefficient (Wildman–Crippen LogP) is 3.05. The van der Waals surface area contributed by atoms with E-state index in [1.165, 1.54) is 5.56 Å². The number of hydrogen-bond donors (Lipinski definition) is 2. The first-order valence-electron chi connectivity index (χ1n) is 6.54. The van der Waals surface area contributed by atoms with Gasteiger partial charge in [0.15, 0.2) is 0 Å². The maximum atomic E-state index is 6.30. The van der Waals surface area contributed by atoms with Crippen molar-refractivity contribution in [3.05, 3.63) is 46.2 Å². The molecule has 1 heterocycles. The van der Waals surface area contributed by atoms with Crippen LogP contribution in [-0.4, -0.2) is 22.0 Å². The van der Waals surface area contributed by atoms with Gasteiger partial charge in [-0.2, -0.15) is 15.4 Å². The second kappa shape index (κ2) is 6.68. The highest BCUT2D eigenvalue weighted by Crippen LogP contribution is 2.23. The maximum Gasteiger partial charge on any atom is 0.0997 e. The molecule has 0 bridgehead atoms. The van der Waals surface area contributed by atoms with Gasteiger partial charge in [0.1, 0.15) is 0 Å². The van der Waals surface area contributed by atoms with Crippen LogP contribution in [-0.2, 0) is 6.42 Å². The molecule has 2 rings (SSSR count). The summed E-state index contributed by atoms with van der Waals surface area (Å²) in [6.45, 7) is 5.13. The first kappa shape index (κ1) is 14.0. The monoisotopic (exact) mass is 278 g/mol.